The Kier molecular flexibility index (Phi) is 5.78. The molecule has 4 nitrogen and oxygen atoms in total. The van der Waals surface area contributed by atoms with E-state index in [0.717, 1.165) is 12.8 Å². The van der Waals surface area contributed by atoms with Crippen molar-refractivity contribution >= 4 is 17.5 Å². The van der Waals surface area contributed by atoms with Crippen LogP contribution in [0.4, 0.5) is 0 Å². The van der Waals surface area contributed by atoms with E-state index in [1.807, 2.05) is 6.92 Å². The molecule has 1 rings (SSSR count). The molecule has 0 radical (unpaired) electrons. The number of phenols is 1. The average Bonchev–Trinajstić information content (AvgIpc) is 2.37. The molecule has 0 heterocycles. The molecule has 1 aromatic rings. The Hall–Kier alpha value is -1.42. The molecule has 1 amide bonds. The van der Waals surface area contributed by atoms with Crippen LogP contribution >= 0.6 is 11.6 Å². The molecule has 0 aromatic heterocycles. The molecule has 1 atom stereocenters. The van der Waals surface area contributed by atoms with Gasteiger partial charge in [0.2, 0.25) is 0 Å². The first kappa shape index (κ1) is 14.6. The zero-order valence-electron chi connectivity index (χ0n) is 10.6. The van der Waals surface area contributed by atoms with Crippen LogP contribution in [-0.2, 0) is 0 Å². The van der Waals surface area contributed by atoms with Crippen molar-refractivity contribution in [2.75, 3.05) is 13.7 Å². The Morgan fingerprint density at radius 1 is 1.56 bits per heavy atom. The number of halogens is 1. The third kappa shape index (κ3) is 4.11. The number of hydrogen-bond donors (Lipinski definition) is 2. The zero-order valence-corrected chi connectivity index (χ0v) is 11.3. The lowest BCUT2D eigenvalue weighted by Crippen LogP contribution is -2.29. The van der Waals surface area contributed by atoms with Gasteiger partial charge in [-0.25, -0.2) is 0 Å². The van der Waals surface area contributed by atoms with Crippen LogP contribution < -0.4 is 10.1 Å². The standard InChI is InChI=1S/C13H18ClNO3/c1-3-4-9(14)8-15-13(17)11-7-10(18-2)5-6-12(11)16/h5-7,9,16H,3-4,8H2,1-2H3,(H,15,17). The summed E-state index contributed by atoms with van der Waals surface area (Å²) in [5.41, 5.74) is 0.190. The summed E-state index contributed by atoms with van der Waals surface area (Å²) in [5.74, 6) is 0.0944. The van der Waals surface area contributed by atoms with Gasteiger partial charge in [-0.1, -0.05) is 13.3 Å². The predicted molar refractivity (Wildman–Crippen MR) is 71.5 cm³/mol. The highest BCUT2D eigenvalue weighted by Gasteiger charge is 2.13. The average molecular weight is 272 g/mol. The van der Waals surface area contributed by atoms with Gasteiger partial charge in [0.1, 0.15) is 11.5 Å². The fourth-order valence-electron chi connectivity index (χ4n) is 1.54. The second kappa shape index (κ2) is 7.11. The largest absolute Gasteiger partial charge is 0.507 e. The molecule has 100 valence electrons. The van der Waals surface area contributed by atoms with Gasteiger partial charge in [0.25, 0.3) is 5.91 Å². The van der Waals surface area contributed by atoms with Crippen molar-refractivity contribution in [3.63, 3.8) is 0 Å². The lowest BCUT2D eigenvalue weighted by molar-refractivity contribution is 0.0950. The highest BCUT2D eigenvalue weighted by molar-refractivity contribution is 6.20. The van der Waals surface area contributed by atoms with Gasteiger partial charge < -0.3 is 15.2 Å². The summed E-state index contributed by atoms with van der Waals surface area (Å²) < 4.78 is 5.01. The summed E-state index contributed by atoms with van der Waals surface area (Å²) in [7, 11) is 1.50. The molecule has 0 aliphatic carbocycles. The number of nitrogens with one attached hydrogen (secondary N) is 1. The number of phenolic OH excluding ortho intramolecular Hbond substituents is 1. The smallest absolute Gasteiger partial charge is 0.255 e. The van der Waals surface area contributed by atoms with E-state index < -0.39 is 0 Å². The first-order valence-electron chi connectivity index (χ1n) is 5.87. The van der Waals surface area contributed by atoms with Crippen LogP contribution in [0.1, 0.15) is 30.1 Å². The van der Waals surface area contributed by atoms with E-state index in [2.05, 4.69) is 5.32 Å². The highest BCUT2D eigenvalue weighted by atomic mass is 35.5. The van der Waals surface area contributed by atoms with Crippen LogP contribution in [0.25, 0.3) is 0 Å². The highest BCUT2D eigenvalue weighted by Crippen LogP contribution is 2.22. The van der Waals surface area contributed by atoms with E-state index in [1.165, 1.54) is 19.2 Å². The first-order chi connectivity index (χ1) is 8.58. The second-order valence-corrected chi connectivity index (χ2v) is 4.60. The van der Waals surface area contributed by atoms with E-state index in [-0.39, 0.29) is 22.6 Å². The summed E-state index contributed by atoms with van der Waals surface area (Å²) in [5, 5.41) is 12.2. The van der Waals surface area contributed by atoms with Crippen molar-refractivity contribution < 1.29 is 14.6 Å². The molecule has 0 aliphatic heterocycles. The molecule has 0 saturated carbocycles. The number of hydrogen-bond acceptors (Lipinski definition) is 3. The molecule has 0 aliphatic rings. The maximum absolute atomic E-state index is 11.9. The van der Waals surface area contributed by atoms with Crippen LogP contribution in [0.2, 0.25) is 0 Å². The molecule has 0 spiro atoms. The lowest BCUT2D eigenvalue weighted by atomic mass is 10.1. The summed E-state index contributed by atoms with van der Waals surface area (Å²) >= 11 is 6.01. The third-order valence-electron chi connectivity index (χ3n) is 2.53. The van der Waals surface area contributed by atoms with E-state index in [0.29, 0.717) is 12.3 Å². The SMILES string of the molecule is CCCC(Cl)CNC(=O)c1cc(OC)ccc1O. The summed E-state index contributed by atoms with van der Waals surface area (Å²) in [6, 6.07) is 4.51. The number of aromatic hydroxyl groups is 1. The molecule has 1 aromatic carbocycles. The second-order valence-electron chi connectivity index (χ2n) is 3.98. The number of ether oxygens (including phenoxy) is 1. The number of amides is 1. The fourth-order valence-corrected chi connectivity index (χ4v) is 1.83. The summed E-state index contributed by atoms with van der Waals surface area (Å²) in [4.78, 5) is 11.9. The van der Waals surface area contributed by atoms with Gasteiger partial charge in [0, 0.05) is 6.54 Å². The van der Waals surface area contributed by atoms with Crippen LogP contribution in [0, 0.1) is 0 Å². The van der Waals surface area contributed by atoms with Crippen LogP contribution in [-0.4, -0.2) is 30.0 Å². The van der Waals surface area contributed by atoms with Crippen molar-refractivity contribution in [3.8, 4) is 11.5 Å². The molecular weight excluding hydrogens is 254 g/mol. The molecule has 0 saturated heterocycles. The minimum atomic E-state index is -0.354. The normalized spacial score (nSPS) is 11.9. The number of alkyl halides is 1. The van der Waals surface area contributed by atoms with Gasteiger partial charge in [-0.3, -0.25) is 4.79 Å². The number of benzene rings is 1. The Labute approximate surface area is 112 Å². The number of methoxy groups -OCH3 is 1. The van der Waals surface area contributed by atoms with Gasteiger partial charge in [-0.2, -0.15) is 0 Å². The molecule has 2 N–H and O–H groups in total. The molecule has 5 heteroatoms. The number of carbonyl (C=O) groups is 1. The Bertz CT molecular complexity index is 409. The third-order valence-corrected chi connectivity index (χ3v) is 2.91. The van der Waals surface area contributed by atoms with Crippen LogP contribution in [0.5, 0.6) is 11.5 Å². The minimum Gasteiger partial charge on any atom is -0.507 e. The Balaban J connectivity index is 2.66. The molecule has 0 bridgehead atoms. The van der Waals surface area contributed by atoms with Gasteiger partial charge in [-0.15, -0.1) is 11.6 Å². The Morgan fingerprint density at radius 2 is 2.28 bits per heavy atom. The van der Waals surface area contributed by atoms with E-state index in [9.17, 15) is 9.90 Å². The van der Waals surface area contributed by atoms with Gasteiger partial charge in [0.15, 0.2) is 0 Å². The summed E-state index contributed by atoms with van der Waals surface area (Å²) in [6.07, 6.45) is 1.81. The van der Waals surface area contributed by atoms with Gasteiger partial charge in [0.05, 0.1) is 18.1 Å². The first-order valence-corrected chi connectivity index (χ1v) is 6.31. The number of rotatable bonds is 6. The van der Waals surface area contributed by atoms with Crippen molar-refractivity contribution in [3.05, 3.63) is 23.8 Å². The molecular formula is C13H18ClNO3. The van der Waals surface area contributed by atoms with E-state index in [1.54, 1.807) is 6.07 Å². The maximum atomic E-state index is 11.9. The topological polar surface area (TPSA) is 58.6 Å². The lowest BCUT2D eigenvalue weighted by Gasteiger charge is -2.11. The van der Waals surface area contributed by atoms with Gasteiger partial charge in [-0.05, 0) is 24.6 Å². The molecule has 18 heavy (non-hydrogen) atoms. The minimum absolute atomic E-state index is 0.0742. The fraction of sp³-hybridized carbons (Fsp3) is 0.462. The quantitative estimate of drug-likeness (QED) is 0.782. The zero-order chi connectivity index (χ0) is 13.5. The summed E-state index contributed by atoms with van der Waals surface area (Å²) in [6.45, 7) is 2.41. The van der Waals surface area contributed by atoms with E-state index >= 15 is 0 Å². The van der Waals surface area contributed by atoms with Crippen molar-refractivity contribution in [2.24, 2.45) is 0 Å². The van der Waals surface area contributed by atoms with Gasteiger partial charge >= 0.3 is 0 Å². The molecule has 1 unspecified atom stereocenters. The van der Waals surface area contributed by atoms with Crippen molar-refractivity contribution in [2.45, 2.75) is 25.1 Å². The van der Waals surface area contributed by atoms with Crippen molar-refractivity contribution in [1.29, 1.82) is 0 Å². The monoisotopic (exact) mass is 271 g/mol. The van der Waals surface area contributed by atoms with Crippen molar-refractivity contribution in [1.82, 2.24) is 5.32 Å². The predicted octanol–water partition coefficient (Wildman–Crippen LogP) is 2.54. The maximum Gasteiger partial charge on any atom is 0.255 e. The van der Waals surface area contributed by atoms with Crippen LogP contribution in [0.15, 0.2) is 18.2 Å². The number of carbonyl (C=O) groups excluding carboxylic acids is 1. The van der Waals surface area contributed by atoms with E-state index in [4.69, 9.17) is 16.3 Å². The Morgan fingerprint density at radius 3 is 2.89 bits per heavy atom. The van der Waals surface area contributed by atoms with Crippen LogP contribution in [0.3, 0.4) is 0 Å². The molecule has 0 fully saturated rings.